The average molecular weight is 355 g/mol. The number of likely N-dealkylation sites (tertiary alicyclic amines) is 1. The van der Waals surface area contributed by atoms with Crippen molar-refractivity contribution in [2.45, 2.75) is 45.2 Å². The zero-order valence-electron chi connectivity index (χ0n) is 12.1. The first-order valence-corrected chi connectivity index (χ1v) is 7.82. The maximum absolute atomic E-state index is 12.5. The molecule has 0 saturated carbocycles. The highest BCUT2D eigenvalue weighted by Crippen LogP contribution is 2.29. The van der Waals surface area contributed by atoms with E-state index in [-0.39, 0.29) is 23.7 Å². The van der Waals surface area contributed by atoms with Crippen LogP contribution >= 0.6 is 15.9 Å². The fourth-order valence-corrected chi connectivity index (χ4v) is 3.29. The lowest BCUT2D eigenvalue weighted by Crippen LogP contribution is -2.49. The molecule has 0 unspecified atom stereocenters. The Kier molecular flexibility index (Phi) is 4.88. The van der Waals surface area contributed by atoms with E-state index in [0.29, 0.717) is 10.2 Å². The van der Waals surface area contributed by atoms with Crippen molar-refractivity contribution in [3.63, 3.8) is 0 Å². The summed E-state index contributed by atoms with van der Waals surface area (Å²) in [6.45, 7) is 4.04. The van der Waals surface area contributed by atoms with Crippen molar-refractivity contribution in [3.05, 3.63) is 28.2 Å². The highest BCUT2D eigenvalue weighted by molar-refractivity contribution is 9.10. The zero-order valence-corrected chi connectivity index (χ0v) is 13.7. The van der Waals surface area contributed by atoms with Gasteiger partial charge in [-0.3, -0.25) is 0 Å². The molecular formula is C15H19BrN2O3. The van der Waals surface area contributed by atoms with E-state index in [1.54, 1.807) is 17.0 Å². The third kappa shape index (κ3) is 3.37. The van der Waals surface area contributed by atoms with Crippen molar-refractivity contribution in [1.82, 2.24) is 4.90 Å². The van der Waals surface area contributed by atoms with E-state index in [1.807, 2.05) is 13.8 Å². The predicted octanol–water partition coefficient (Wildman–Crippen LogP) is 3.94. The first kappa shape index (κ1) is 15.8. The van der Waals surface area contributed by atoms with Crippen LogP contribution in [-0.2, 0) is 0 Å². The summed E-state index contributed by atoms with van der Waals surface area (Å²) in [4.78, 5) is 25.6. The van der Waals surface area contributed by atoms with Gasteiger partial charge in [0.2, 0.25) is 0 Å². The Bertz CT molecular complexity index is 552. The molecule has 2 N–H and O–H groups in total. The van der Waals surface area contributed by atoms with Crippen LogP contribution < -0.4 is 5.32 Å². The number of hydrogen-bond acceptors (Lipinski definition) is 2. The molecule has 6 heteroatoms. The molecule has 0 bridgehead atoms. The van der Waals surface area contributed by atoms with Gasteiger partial charge in [-0.05, 0) is 61.2 Å². The zero-order chi connectivity index (χ0) is 15.6. The Balaban J connectivity index is 2.25. The maximum atomic E-state index is 12.5. The molecule has 5 nitrogen and oxygen atoms in total. The summed E-state index contributed by atoms with van der Waals surface area (Å²) >= 11 is 3.30. The molecule has 0 aromatic heterocycles. The number of carboxylic acid groups (broad SMARTS) is 1. The first-order valence-electron chi connectivity index (χ1n) is 7.03. The second kappa shape index (κ2) is 6.47. The molecule has 1 aromatic rings. The van der Waals surface area contributed by atoms with E-state index in [1.165, 1.54) is 6.07 Å². The fourth-order valence-electron chi connectivity index (χ4n) is 2.82. The summed E-state index contributed by atoms with van der Waals surface area (Å²) in [6.07, 6.45) is 3.06. The molecule has 2 atom stereocenters. The van der Waals surface area contributed by atoms with E-state index >= 15 is 0 Å². The number of para-hydroxylation sites is 1. The topological polar surface area (TPSA) is 69.6 Å². The molecule has 114 valence electrons. The van der Waals surface area contributed by atoms with Crippen molar-refractivity contribution in [2.75, 3.05) is 5.32 Å². The van der Waals surface area contributed by atoms with Gasteiger partial charge < -0.3 is 15.3 Å². The van der Waals surface area contributed by atoms with Gasteiger partial charge in [-0.25, -0.2) is 9.59 Å². The van der Waals surface area contributed by atoms with Crippen LogP contribution in [0, 0.1) is 0 Å². The molecule has 1 saturated heterocycles. The molecule has 0 radical (unpaired) electrons. The van der Waals surface area contributed by atoms with Gasteiger partial charge in [-0.15, -0.1) is 0 Å². The van der Waals surface area contributed by atoms with Crippen molar-refractivity contribution >= 4 is 33.6 Å². The van der Waals surface area contributed by atoms with Crippen LogP contribution in [0.5, 0.6) is 0 Å². The van der Waals surface area contributed by atoms with Crippen molar-refractivity contribution in [3.8, 4) is 0 Å². The van der Waals surface area contributed by atoms with Crippen LogP contribution in [-0.4, -0.2) is 34.1 Å². The van der Waals surface area contributed by atoms with Crippen LogP contribution in [0.4, 0.5) is 10.5 Å². The van der Waals surface area contributed by atoms with E-state index in [9.17, 15) is 14.7 Å². The SMILES string of the molecule is C[C@@H]1CCC[C@H](C)N1C(=O)Nc1c(Br)cccc1C(=O)O. The molecule has 0 spiro atoms. The molecule has 1 aliphatic heterocycles. The number of benzene rings is 1. The molecule has 2 rings (SSSR count). The summed E-state index contributed by atoms with van der Waals surface area (Å²) in [5, 5.41) is 12.0. The minimum absolute atomic E-state index is 0.0787. The molecule has 21 heavy (non-hydrogen) atoms. The Morgan fingerprint density at radius 2 is 1.90 bits per heavy atom. The lowest BCUT2D eigenvalue weighted by Gasteiger charge is -2.39. The number of nitrogens with one attached hydrogen (secondary N) is 1. The Hall–Kier alpha value is -1.56. The lowest BCUT2D eigenvalue weighted by molar-refractivity contribution is 0.0698. The van der Waals surface area contributed by atoms with E-state index in [4.69, 9.17) is 0 Å². The highest BCUT2D eigenvalue weighted by atomic mass is 79.9. The van der Waals surface area contributed by atoms with E-state index in [0.717, 1.165) is 19.3 Å². The summed E-state index contributed by atoms with van der Waals surface area (Å²) in [6, 6.07) is 4.89. The number of carbonyl (C=O) groups is 2. The number of carbonyl (C=O) groups excluding carboxylic acids is 1. The third-order valence-electron chi connectivity index (χ3n) is 3.90. The van der Waals surface area contributed by atoms with Crippen LogP contribution in [0.25, 0.3) is 0 Å². The molecule has 1 fully saturated rings. The minimum Gasteiger partial charge on any atom is -0.478 e. The Labute approximate surface area is 132 Å². The smallest absolute Gasteiger partial charge is 0.337 e. The Morgan fingerprint density at radius 3 is 2.48 bits per heavy atom. The highest BCUT2D eigenvalue weighted by Gasteiger charge is 2.29. The summed E-state index contributed by atoms with van der Waals surface area (Å²) in [5.41, 5.74) is 0.384. The van der Waals surface area contributed by atoms with Crippen LogP contribution in [0.1, 0.15) is 43.5 Å². The third-order valence-corrected chi connectivity index (χ3v) is 4.56. The van der Waals surface area contributed by atoms with Gasteiger partial charge in [0.05, 0.1) is 11.3 Å². The quantitative estimate of drug-likeness (QED) is 0.844. The monoisotopic (exact) mass is 354 g/mol. The number of rotatable bonds is 2. The fraction of sp³-hybridized carbons (Fsp3) is 0.467. The van der Waals surface area contributed by atoms with Crippen molar-refractivity contribution in [2.24, 2.45) is 0 Å². The predicted molar refractivity (Wildman–Crippen MR) is 84.7 cm³/mol. The van der Waals surface area contributed by atoms with Gasteiger partial charge in [0.1, 0.15) is 0 Å². The van der Waals surface area contributed by atoms with Crippen LogP contribution in [0.3, 0.4) is 0 Å². The van der Waals surface area contributed by atoms with Gasteiger partial charge in [-0.2, -0.15) is 0 Å². The van der Waals surface area contributed by atoms with Crippen LogP contribution in [0.15, 0.2) is 22.7 Å². The number of urea groups is 1. The summed E-state index contributed by atoms with van der Waals surface area (Å²) < 4.78 is 0.563. The number of hydrogen-bond donors (Lipinski definition) is 2. The number of halogens is 1. The minimum atomic E-state index is -1.06. The largest absolute Gasteiger partial charge is 0.478 e. The summed E-state index contributed by atoms with van der Waals surface area (Å²) in [7, 11) is 0. The number of piperidine rings is 1. The molecule has 2 amide bonds. The Morgan fingerprint density at radius 1 is 1.29 bits per heavy atom. The van der Waals surface area contributed by atoms with Gasteiger partial charge in [0.25, 0.3) is 0 Å². The number of nitrogens with zero attached hydrogens (tertiary/aromatic N) is 1. The van der Waals surface area contributed by atoms with Crippen molar-refractivity contribution in [1.29, 1.82) is 0 Å². The lowest BCUT2D eigenvalue weighted by atomic mass is 9.98. The number of amides is 2. The molecule has 0 aliphatic carbocycles. The number of aromatic carboxylic acids is 1. The van der Waals surface area contributed by atoms with E-state index < -0.39 is 5.97 Å². The van der Waals surface area contributed by atoms with E-state index in [2.05, 4.69) is 21.2 Å². The average Bonchev–Trinajstić information content (AvgIpc) is 2.40. The first-order chi connectivity index (χ1) is 9.91. The normalized spacial score (nSPS) is 22.0. The molecule has 1 aliphatic rings. The number of carboxylic acids is 1. The standard InChI is InChI=1S/C15H19BrN2O3/c1-9-5-3-6-10(2)18(9)15(21)17-13-11(14(19)20)7-4-8-12(13)16/h4,7-10H,3,5-6H2,1-2H3,(H,17,21)(H,19,20)/t9-,10+. The molecule has 1 heterocycles. The van der Waals surface area contributed by atoms with Gasteiger partial charge >= 0.3 is 12.0 Å². The van der Waals surface area contributed by atoms with Crippen molar-refractivity contribution < 1.29 is 14.7 Å². The van der Waals surface area contributed by atoms with Gasteiger partial charge in [0.15, 0.2) is 0 Å². The van der Waals surface area contributed by atoms with Gasteiger partial charge in [-0.1, -0.05) is 6.07 Å². The second-order valence-electron chi connectivity index (χ2n) is 5.43. The second-order valence-corrected chi connectivity index (χ2v) is 6.29. The van der Waals surface area contributed by atoms with Crippen LogP contribution in [0.2, 0.25) is 0 Å². The van der Waals surface area contributed by atoms with Gasteiger partial charge in [0, 0.05) is 16.6 Å². The maximum Gasteiger partial charge on any atom is 0.337 e. The molecular weight excluding hydrogens is 336 g/mol. The summed E-state index contributed by atoms with van der Waals surface area (Å²) in [5.74, 6) is -1.06. The number of anilines is 1. The molecule has 1 aromatic carbocycles.